The van der Waals surface area contributed by atoms with Crippen molar-refractivity contribution in [3.8, 4) is 5.75 Å². The van der Waals surface area contributed by atoms with Crippen molar-refractivity contribution >= 4 is 11.7 Å². The van der Waals surface area contributed by atoms with Crippen LogP contribution in [0.2, 0.25) is 0 Å². The molecule has 0 spiro atoms. The van der Waals surface area contributed by atoms with Crippen molar-refractivity contribution in [2.24, 2.45) is 0 Å². The summed E-state index contributed by atoms with van der Waals surface area (Å²) in [4.78, 5) is 15.0. The van der Waals surface area contributed by atoms with Gasteiger partial charge in [0.2, 0.25) is 0 Å². The van der Waals surface area contributed by atoms with E-state index in [1.807, 2.05) is 66.4 Å². The standard InChI is InChI=1S/C22H23N3O2/c1-16-5-9-18(10-6-16)23-22(26)25-15-14-24-13-3-4-20(24)21(25)17-7-11-19(27-2)12-8-17/h3-13,21H,14-15H2,1-2H3,(H,23,26)/t21-/m0/s1. The van der Waals surface area contributed by atoms with Crippen molar-refractivity contribution in [3.63, 3.8) is 0 Å². The van der Waals surface area contributed by atoms with Crippen molar-refractivity contribution in [1.29, 1.82) is 0 Å². The number of nitrogens with zero attached hydrogens (tertiary/aromatic N) is 2. The first-order valence-corrected chi connectivity index (χ1v) is 9.09. The molecular weight excluding hydrogens is 338 g/mol. The molecule has 2 heterocycles. The molecule has 5 heteroatoms. The van der Waals surface area contributed by atoms with Gasteiger partial charge in [0.1, 0.15) is 5.75 Å². The number of hydrogen-bond donors (Lipinski definition) is 1. The Kier molecular flexibility index (Phi) is 4.59. The summed E-state index contributed by atoms with van der Waals surface area (Å²) in [7, 11) is 1.65. The van der Waals surface area contributed by atoms with Crippen LogP contribution in [0.3, 0.4) is 0 Å². The molecule has 138 valence electrons. The Morgan fingerprint density at radius 1 is 1.04 bits per heavy atom. The number of rotatable bonds is 3. The molecule has 27 heavy (non-hydrogen) atoms. The zero-order chi connectivity index (χ0) is 18.8. The van der Waals surface area contributed by atoms with E-state index in [1.54, 1.807) is 7.11 Å². The number of methoxy groups -OCH3 is 1. The highest BCUT2D eigenvalue weighted by Gasteiger charge is 2.32. The molecular formula is C22H23N3O2. The first-order chi connectivity index (χ1) is 13.2. The van der Waals surface area contributed by atoms with Gasteiger partial charge in [-0.3, -0.25) is 0 Å². The first-order valence-electron chi connectivity index (χ1n) is 9.09. The van der Waals surface area contributed by atoms with Crippen LogP contribution < -0.4 is 10.1 Å². The Balaban J connectivity index is 1.65. The second-order valence-electron chi connectivity index (χ2n) is 6.79. The zero-order valence-corrected chi connectivity index (χ0v) is 15.6. The highest BCUT2D eigenvalue weighted by Crippen LogP contribution is 2.33. The van der Waals surface area contributed by atoms with E-state index in [9.17, 15) is 4.79 Å². The van der Waals surface area contributed by atoms with Gasteiger partial charge in [0.15, 0.2) is 0 Å². The summed E-state index contributed by atoms with van der Waals surface area (Å²) < 4.78 is 7.49. The van der Waals surface area contributed by atoms with Gasteiger partial charge in [-0.25, -0.2) is 4.79 Å². The van der Waals surface area contributed by atoms with Crippen LogP contribution in [0, 0.1) is 6.92 Å². The van der Waals surface area contributed by atoms with Crippen LogP contribution in [-0.2, 0) is 6.54 Å². The predicted octanol–water partition coefficient (Wildman–Crippen LogP) is 4.44. The smallest absolute Gasteiger partial charge is 0.322 e. The second-order valence-corrected chi connectivity index (χ2v) is 6.79. The number of aryl methyl sites for hydroxylation is 1. The molecule has 0 unspecified atom stereocenters. The van der Waals surface area contributed by atoms with Crippen molar-refractivity contribution in [3.05, 3.63) is 83.7 Å². The van der Waals surface area contributed by atoms with E-state index in [1.165, 1.54) is 5.56 Å². The first kappa shape index (κ1) is 17.2. The molecule has 0 saturated carbocycles. The number of urea groups is 1. The van der Waals surface area contributed by atoms with Gasteiger partial charge in [-0.1, -0.05) is 29.8 Å². The van der Waals surface area contributed by atoms with E-state index >= 15 is 0 Å². The van der Waals surface area contributed by atoms with Gasteiger partial charge in [-0.05, 0) is 48.9 Å². The maximum Gasteiger partial charge on any atom is 0.322 e. The maximum atomic E-state index is 13.1. The van der Waals surface area contributed by atoms with Crippen molar-refractivity contribution in [2.75, 3.05) is 19.0 Å². The lowest BCUT2D eigenvalue weighted by Gasteiger charge is -2.37. The number of carbonyl (C=O) groups is 1. The van der Waals surface area contributed by atoms with Crippen LogP contribution >= 0.6 is 0 Å². The third-order valence-corrected chi connectivity index (χ3v) is 5.03. The molecule has 0 bridgehead atoms. The Morgan fingerprint density at radius 3 is 2.48 bits per heavy atom. The quantitative estimate of drug-likeness (QED) is 0.749. The van der Waals surface area contributed by atoms with Gasteiger partial charge < -0.3 is 19.5 Å². The molecule has 0 aliphatic carbocycles. The Hall–Kier alpha value is -3.21. The third kappa shape index (κ3) is 3.40. The molecule has 3 aromatic rings. The van der Waals surface area contributed by atoms with E-state index in [2.05, 4.69) is 22.1 Å². The van der Waals surface area contributed by atoms with Crippen molar-refractivity contribution in [2.45, 2.75) is 19.5 Å². The summed E-state index contributed by atoms with van der Waals surface area (Å²) in [5.41, 5.74) is 4.15. The number of benzene rings is 2. The Morgan fingerprint density at radius 2 is 1.78 bits per heavy atom. The Bertz CT molecular complexity index is 929. The van der Waals surface area contributed by atoms with E-state index < -0.39 is 0 Å². The van der Waals surface area contributed by atoms with Crippen LogP contribution in [0.5, 0.6) is 5.75 Å². The lowest BCUT2D eigenvalue weighted by atomic mass is 10.00. The molecule has 4 rings (SSSR count). The summed E-state index contributed by atoms with van der Waals surface area (Å²) in [5.74, 6) is 0.806. The number of ether oxygens (including phenoxy) is 1. The molecule has 0 saturated heterocycles. The van der Waals surface area contributed by atoms with E-state index in [-0.39, 0.29) is 12.1 Å². The van der Waals surface area contributed by atoms with Crippen molar-refractivity contribution < 1.29 is 9.53 Å². The molecule has 5 nitrogen and oxygen atoms in total. The fourth-order valence-electron chi connectivity index (χ4n) is 3.57. The van der Waals surface area contributed by atoms with Gasteiger partial charge in [-0.2, -0.15) is 0 Å². The predicted molar refractivity (Wildman–Crippen MR) is 106 cm³/mol. The average molecular weight is 361 g/mol. The van der Waals surface area contributed by atoms with Gasteiger partial charge in [0.25, 0.3) is 0 Å². The molecule has 1 atom stereocenters. The number of hydrogen-bond acceptors (Lipinski definition) is 2. The minimum absolute atomic E-state index is 0.0906. The fraction of sp³-hybridized carbons (Fsp3) is 0.227. The minimum atomic E-state index is -0.134. The molecule has 1 aliphatic heterocycles. The van der Waals surface area contributed by atoms with Crippen LogP contribution in [0.15, 0.2) is 66.9 Å². The topological polar surface area (TPSA) is 46.5 Å². The second kappa shape index (κ2) is 7.19. The van der Waals surface area contributed by atoms with Crippen LogP contribution in [0.25, 0.3) is 0 Å². The molecule has 1 N–H and O–H groups in total. The van der Waals surface area contributed by atoms with Crippen molar-refractivity contribution in [1.82, 2.24) is 9.47 Å². The lowest BCUT2D eigenvalue weighted by Crippen LogP contribution is -2.44. The number of nitrogens with one attached hydrogen (secondary N) is 1. The summed E-state index contributed by atoms with van der Waals surface area (Å²) >= 11 is 0. The molecule has 1 aromatic heterocycles. The molecule has 0 fully saturated rings. The molecule has 2 aromatic carbocycles. The maximum absolute atomic E-state index is 13.1. The van der Waals surface area contributed by atoms with Gasteiger partial charge >= 0.3 is 6.03 Å². The number of aromatic nitrogens is 1. The van der Waals surface area contributed by atoms with E-state index in [0.717, 1.165) is 29.2 Å². The number of carbonyl (C=O) groups excluding carboxylic acids is 1. The van der Waals surface area contributed by atoms with Gasteiger partial charge in [-0.15, -0.1) is 0 Å². The average Bonchev–Trinajstić information content (AvgIpc) is 3.18. The van der Waals surface area contributed by atoms with E-state index in [4.69, 9.17) is 4.74 Å². The molecule has 2 amide bonds. The summed E-state index contributed by atoms with van der Waals surface area (Å²) in [6.07, 6.45) is 2.07. The Labute approximate surface area is 159 Å². The van der Waals surface area contributed by atoms with Crippen LogP contribution in [-0.4, -0.2) is 29.2 Å². The largest absolute Gasteiger partial charge is 0.497 e. The highest BCUT2D eigenvalue weighted by molar-refractivity contribution is 5.90. The molecule has 0 radical (unpaired) electrons. The van der Waals surface area contributed by atoms with Gasteiger partial charge in [0.05, 0.1) is 13.2 Å². The lowest BCUT2D eigenvalue weighted by molar-refractivity contribution is 0.182. The minimum Gasteiger partial charge on any atom is -0.497 e. The summed E-state index contributed by atoms with van der Waals surface area (Å²) in [6, 6.07) is 19.7. The van der Waals surface area contributed by atoms with Crippen LogP contribution in [0.1, 0.15) is 22.9 Å². The third-order valence-electron chi connectivity index (χ3n) is 5.03. The monoisotopic (exact) mass is 361 g/mol. The van der Waals surface area contributed by atoms with Crippen LogP contribution in [0.4, 0.5) is 10.5 Å². The zero-order valence-electron chi connectivity index (χ0n) is 15.6. The van der Waals surface area contributed by atoms with E-state index in [0.29, 0.717) is 6.54 Å². The normalized spacial score (nSPS) is 15.9. The number of amides is 2. The van der Waals surface area contributed by atoms with Gasteiger partial charge in [0, 0.05) is 30.7 Å². The fourth-order valence-corrected chi connectivity index (χ4v) is 3.57. The molecule has 1 aliphatic rings. The SMILES string of the molecule is COc1ccc([C@H]2c3cccn3CCN2C(=O)Nc2ccc(C)cc2)cc1. The summed E-state index contributed by atoms with van der Waals surface area (Å²) in [6.45, 7) is 3.47. The summed E-state index contributed by atoms with van der Waals surface area (Å²) in [5, 5.41) is 3.04. The number of anilines is 1. The highest BCUT2D eigenvalue weighted by atomic mass is 16.5. The number of fused-ring (bicyclic) bond motifs is 1.